The van der Waals surface area contributed by atoms with E-state index in [9.17, 15) is 19.4 Å². The molecule has 7 rings (SSSR count). The molecular formula is C20H22ClFN10O10P2S2. The summed E-state index contributed by atoms with van der Waals surface area (Å²) in [7, 11) is 0. The molecule has 7 heterocycles. The molecule has 7 N–H and O–H groups in total. The van der Waals surface area contributed by atoms with Crippen molar-refractivity contribution in [3.8, 4) is 0 Å². The van der Waals surface area contributed by atoms with Crippen LogP contribution in [0.25, 0.3) is 22.3 Å². The fraction of sp³-hybridized carbons (Fsp3) is 0.500. The number of thiol groups is 1. The first-order valence-corrected chi connectivity index (χ1v) is 18.7. The first-order chi connectivity index (χ1) is 21.7. The lowest BCUT2D eigenvalue weighted by Gasteiger charge is -2.27. The van der Waals surface area contributed by atoms with Crippen molar-refractivity contribution in [3.05, 3.63) is 28.3 Å². The highest BCUT2D eigenvalue weighted by molar-refractivity contribution is 8.44. The maximum atomic E-state index is 16.1. The van der Waals surface area contributed by atoms with Gasteiger partial charge in [0, 0.05) is 0 Å². The van der Waals surface area contributed by atoms with Crippen molar-refractivity contribution >= 4 is 83.3 Å². The number of halogens is 2. The predicted octanol–water partition coefficient (Wildman–Crippen LogP) is 0.343. The summed E-state index contributed by atoms with van der Waals surface area (Å²) in [5, 5.41) is 10.9. The minimum absolute atomic E-state index is 0.0294. The van der Waals surface area contributed by atoms with E-state index in [0.717, 1.165) is 0 Å². The lowest BCUT2D eigenvalue weighted by molar-refractivity contribution is -0.0584. The molecule has 46 heavy (non-hydrogen) atoms. The molecule has 4 aromatic rings. The molecular weight excluding hydrogens is 721 g/mol. The molecule has 0 radical (unpaired) electrons. The van der Waals surface area contributed by atoms with Crippen LogP contribution in [0.4, 0.5) is 16.2 Å². The number of rotatable bonds is 2. The van der Waals surface area contributed by atoms with E-state index in [-0.39, 0.29) is 39.4 Å². The van der Waals surface area contributed by atoms with E-state index in [0.29, 0.717) is 0 Å². The van der Waals surface area contributed by atoms with Crippen LogP contribution in [0.3, 0.4) is 0 Å². The second-order valence-corrected chi connectivity index (χ2v) is 16.2. The Kier molecular flexibility index (Phi) is 8.15. The van der Waals surface area contributed by atoms with Gasteiger partial charge in [-0.1, -0.05) is 12.2 Å². The number of H-pyrrole nitrogens is 1. The van der Waals surface area contributed by atoms with Gasteiger partial charge in [0.05, 0.1) is 25.9 Å². The summed E-state index contributed by atoms with van der Waals surface area (Å²) in [6.07, 6.45) is -10.0. The Labute approximate surface area is 270 Å². The zero-order valence-corrected chi connectivity index (χ0v) is 26.9. The molecule has 0 saturated carbocycles. The van der Waals surface area contributed by atoms with Crippen LogP contribution in [0.5, 0.6) is 0 Å². The highest BCUT2D eigenvalue weighted by Gasteiger charge is 2.53. The quantitative estimate of drug-likeness (QED) is 0.0918. The summed E-state index contributed by atoms with van der Waals surface area (Å²) in [6.45, 7) is -10.0. The molecule has 0 aliphatic carbocycles. The van der Waals surface area contributed by atoms with Crippen LogP contribution < -0.4 is 17.0 Å². The van der Waals surface area contributed by atoms with Crippen molar-refractivity contribution in [2.75, 3.05) is 24.7 Å². The molecule has 3 aliphatic heterocycles. The fourth-order valence-corrected chi connectivity index (χ4v) is 8.37. The molecule has 248 valence electrons. The number of aromatic nitrogens is 8. The first-order valence-electron chi connectivity index (χ1n) is 13.0. The van der Waals surface area contributed by atoms with E-state index >= 15 is 4.39 Å². The number of aliphatic hydroxyl groups excluding tert-OH is 1. The van der Waals surface area contributed by atoms with Crippen molar-refractivity contribution < 1.29 is 46.5 Å². The molecule has 3 saturated heterocycles. The first kappa shape index (κ1) is 32.2. The minimum atomic E-state index is -4.43. The topological polar surface area (TPSA) is 272 Å². The number of nitrogen functional groups attached to an aromatic ring is 2. The van der Waals surface area contributed by atoms with Crippen molar-refractivity contribution in [1.82, 2.24) is 39.0 Å². The fourth-order valence-electron chi connectivity index (χ4n) is 5.30. The van der Waals surface area contributed by atoms with Gasteiger partial charge in [0.1, 0.15) is 36.0 Å². The monoisotopic (exact) mass is 742 g/mol. The van der Waals surface area contributed by atoms with Gasteiger partial charge in [-0.25, -0.2) is 18.9 Å². The van der Waals surface area contributed by atoms with E-state index in [2.05, 4.69) is 42.2 Å². The number of imidazole rings is 2. The molecule has 3 aliphatic rings. The molecule has 10 atom stereocenters. The number of hydrogen-bond acceptors (Lipinski definition) is 17. The van der Waals surface area contributed by atoms with Gasteiger partial charge in [0.25, 0.3) is 5.56 Å². The number of ether oxygens (including phenoxy) is 2. The van der Waals surface area contributed by atoms with E-state index in [4.69, 9.17) is 62.4 Å². The third kappa shape index (κ3) is 5.72. The minimum Gasteiger partial charge on any atom is -0.387 e. The number of aliphatic hydroxyl groups is 1. The number of nitrogens with zero attached hydrogens (tertiary/aromatic N) is 7. The van der Waals surface area contributed by atoms with Crippen molar-refractivity contribution in [2.24, 2.45) is 0 Å². The Morgan fingerprint density at radius 3 is 2.43 bits per heavy atom. The largest absolute Gasteiger partial charge is 0.387 e. The van der Waals surface area contributed by atoms with Crippen LogP contribution in [-0.2, 0) is 43.9 Å². The predicted molar refractivity (Wildman–Crippen MR) is 161 cm³/mol. The molecule has 4 unspecified atom stereocenters. The normalized spacial score (nSPS) is 37.2. The van der Waals surface area contributed by atoms with E-state index < -0.39 is 81.4 Å². The molecule has 0 aromatic carbocycles. The molecule has 2 bridgehead atoms. The van der Waals surface area contributed by atoms with Gasteiger partial charge in [0.2, 0.25) is 11.2 Å². The summed E-state index contributed by atoms with van der Waals surface area (Å²) in [6, 6.07) is 0. The van der Waals surface area contributed by atoms with Crippen molar-refractivity contribution in [3.63, 3.8) is 0 Å². The van der Waals surface area contributed by atoms with E-state index in [1.165, 1.54) is 21.8 Å². The summed E-state index contributed by atoms with van der Waals surface area (Å²) in [4.78, 5) is 45.6. The Balaban J connectivity index is 1.21. The number of anilines is 2. The van der Waals surface area contributed by atoms with Gasteiger partial charge in [-0.2, -0.15) is 15.0 Å². The lowest BCUT2D eigenvalue weighted by Crippen LogP contribution is -2.35. The number of alkyl halides is 1. The van der Waals surface area contributed by atoms with Gasteiger partial charge in [0.15, 0.2) is 41.3 Å². The Bertz CT molecular complexity index is 2010. The molecule has 3 fully saturated rings. The van der Waals surface area contributed by atoms with E-state index in [1.807, 2.05) is 0 Å². The van der Waals surface area contributed by atoms with Crippen LogP contribution in [0.2, 0.25) is 5.28 Å². The Morgan fingerprint density at radius 2 is 1.67 bits per heavy atom. The average Bonchev–Trinajstić information content (AvgIpc) is 3.72. The van der Waals surface area contributed by atoms with Crippen LogP contribution in [0.1, 0.15) is 12.5 Å². The van der Waals surface area contributed by atoms with E-state index in [1.54, 1.807) is 0 Å². The van der Waals surface area contributed by atoms with Gasteiger partial charge < -0.3 is 35.5 Å². The van der Waals surface area contributed by atoms with Crippen molar-refractivity contribution in [2.45, 2.75) is 49.1 Å². The van der Waals surface area contributed by atoms with Gasteiger partial charge in [-0.15, -0.1) is 0 Å². The molecule has 26 heteroatoms. The number of nitrogens with two attached hydrogens (primary N) is 2. The van der Waals surface area contributed by atoms with Crippen LogP contribution in [0.15, 0.2) is 17.4 Å². The average molecular weight is 743 g/mol. The smallest absolute Gasteiger partial charge is 0.386 e. The number of nitrogens with one attached hydrogen (secondary N) is 1. The molecule has 20 nitrogen and oxygen atoms in total. The number of aromatic amines is 1. The summed E-state index contributed by atoms with van der Waals surface area (Å²) in [5.41, 5.74) is 10.9. The standard InChI is InChI=1S/C20H22ClFN10O10P2S2/c21-19-27-13(23)8-14(28-19)31(3-25-8)17-7(22)11-6(40-17)2-38-44(36,46)42-12-10(33)5(1-37-43(35,45)41-11)39-18(12)32-4-26-9-15(32)29-20(24)30-16(9)34/h3-7,10-12,17-18,33H,1-2H2,(H,35,45)(H,36,46)(H2,23,27,28)(H3,24,29,30,34)/t5-,6-,7?,10?,11+,12+,17-,18-,43?,44?/m1/s1. The Hall–Kier alpha value is -2.37. The summed E-state index contributed by atoms with van der Waals surface area (Å²) < 4.78 is 65.9. The maximum absolute atomic E-state index is 16.1. The molecule has 0 amide bonds. The number of hydrogen-bond donors (Lipinski definition) is 6. The van der Waals surface area contributed by atoms with Crippen LogP contribution in [-0.4, -0.2) is 98.9 Å². The maximum Gasteiger partial charge on any atom is 0.386 e. The number of fused-ring (bicyclic) bond motifs is 5. The van der Waals surface area contributed by atoms with Crippen LogP contribution >= 0.6 is 37.4 Å². The van der Waals surface area contributed by atoms with Crippen LogP contribution in [0, 0.1) is 0 Å². The van der Waals surface area contributed by atoms with Crippen molar-refractivity contribution in [1.29, 1.82) is 0 Å². The van der Waals surface area contributed by atoms with Gasteiger partial charge in [-0.3, -0.25) is 32.5 Å². The summed E-state index contributed by atoms with van der Waals surface area (Å²) in [5.74, 6) is -0.305. The SMILES string of the molecule is Nc1nc2c(ncn2[C@@H]2O[C@@H]3COP(O)(=S)O[C@@H]4C(F)[C@H](n5cnc6c(N)nc(Cl)nc65)O[C@@H]4COP(=O)(S)O[C@H]2C3O)c(=O)[nH]1. The Morgan fingerprint density at radius 1 is 1.02 bits per heavy atom. The van der Waals surface area contributed by atoms with Gasteiger partial charge >= 0.3 is 13.5 Å². The second kappa shape index (κ2) is 11.7. The zero-order chi connectivity index (χ0) is 32.7. The molecule has 4 aromatic heterocycles. The second-order valence-electron chi connectivity index (χ2n) is 10.2. The highest BCUT2D eigenvalue weighted by Crippen LogP contribution is 2.58. The third-order valence-corrected chi connectivity index (χ3v) is 10.7. The zero-order valence-electron chi connectivity index (χ0n) is 22.6. The third-order valence-electron chi connectivity index (χ3n) is 7.31. The summed E-state index contributed by atoms with van der Waals surface area (Å²) >= 11 is 15.1. The highest BCUT2D eigenvalue weighted by atomic mass is 35.5. The lowest BCUT2D eigenvalue weighted by atomic mass is 10.1. The molecule has 0 spiro atoms. The van der Waals surface area contributed by atoms with Gasteiger partial charge in [-0.05, 0) is 23.4 Å².